The fraction of sp³-hybridized carbons (Fsp3) is 0.231. The number of amides is 1. The molecule has 2 rings (SSSR count). The summed E-state index contributed by atoms with van der Waals surface area (Å²) in [4.78, 5) is 11.9. The topological polar surface area (TPSA) is 55.1 Å². The van der Waals surface area contributed by atoms with Gasteiger partial charge in [-0.3, -0.25) is 4.79 Å². The van der Waals surface area contributed by atoms with Crippen molar-refractivity contribution < 1.29 is 9.32 Å². The fourth-order valence-electron chi connectivity index (χ4n) is 1.88. The van der Waals surface area contributed by atoms with Crippen molar-refractivity contribution in [2.45, 2.75) is 20.8 Å². The Balaban J connectivity index is 2.28. The first-order valence-electron chi connectivity index (χ1n) is 5.36. The van der Waals surface area contributed by atoms with Gasteiger partial charge in [-0.25, -0.2) is 0 Å². The van der Waals surface area contributed by atoms with E-state index in [2.05, 4.69) is 15.0 Å². The molecule has 1 aromatic heterocycles. The number of anilines is 1. The Labute approximate surface area is 99.6 Å². The van der Waals surface area contributed by atoms with Gasteiger partial charge in [0.25, 0.3) is 5.91 Å². The van der Waals surface area contributed by atoms with Gasteiger partial charge in [0.2, 0.25) is 0 Å². The van der Waals surface area contributed by atoms with Crippen molar-refractivity contribution in [1.82, 2.24) is 5.16 Å². The van der Waals surface area contributed by atoms with Gasteiger partial charge in [0.1, 0.15) is 6.26 Å². The third-order valence-corrected chi connectivity index (χ3v) is 2.61. The number of aromatic nitrogens is 1. The molecule has 17 heavy (non-hydrogen) atoms. The Morgan fingerprint density at radius 3 is 2.41 bits per heavy atom. The summed E-state index contributed by atoms with van der Waals surface area (Å²) in [6, 6.07) is 4.08. The van der Waals surface area contributed by atoms with Gasteiger partial charge in [-0.1, -0.05) is 22.9 Å². The van der Waals surface area contributed by atoms with E-state index in [1.807, 2.05) is 32.9 Å². The van der Waals surface area contributed by atoms with Crippen LogP contribution >= 0.6 is 0 Å². The Hall–Kier alpha value is -2.10. The highest BCUT2D eigenvalue weighted by molar-refractivity contribution is 6.04. The molecule has 2 aromatic rings. The van der Waals surface area contributed by atoms with Gasteiger partial charge in [-0.15, -0.1) is 0 Å². The Bertz CT molecular complexity index is 522. The maximum absolute atomic E-state index is 11.9. The third-order valence-electron chi connectivity index (χ3n) is 2.61. The molecule has 1 amide bonds. The van der Waals surface area contributed by atoms with E-state index in [0.717, 1.165) is 16.8 Å². The van der Waals surface area contributed by atoms with Crippen molar-refractivity contribution in [2.75, 3.05) is 5.32 Å². The van der Waals surface area contributed by atoms with Crippen molar-refractivity contribution in [3.8, 4) is 0 Å². The van der Waals surface area contributed by atoms with E-state index in [9.17, 15) is 4.79 Å². The van der Waals surface area contributed by atoms with Crippen LogP contribution in [0.25, 0.3) is 0 Å². The van der Waals surface area contributed by atoms with Crippen LogP contribution in [0.15, 0.2) is 29.1 Å². The quantitative estimate of drug-likeness (QED) is 0.863. The van der Waals surface area contributed by atoms with E-state index in [0.29, 0.717) is 5.56 Å². The molecular weight excluding hydrogens is 216 g/mol. The summed E-state index contributed by atoms with van der Waals surface area (Å²) in [5.41, 5.74) is 4.55. The second-order valence-electron chi connectivity index (χ2n) is 4.14. The van der Waals surface area contributed by atoms with Gasteiger partial charge in [-0.2, -0.15) is 0 Å². The molecule has 0 radical (unpaired) electrons. The van der Waals surface area contributed by atoms with Crippen molar-refractivity contribution in [1.29, 1.82) is 0 Å². The number of aryl methyl sites for hydroxylation is 3. The maximum Gasteiger partial charge on any atom is 0.260 e. The van der Waals surface area contributed by atoms with Gasteiger partial charge in [0, 0.05) is 5.69 Å². The summed E-state index contributed by atoms with van der Waals surface area (Å²) in [6.45, 7) is 5.98. The number of hydrogen-bond donors (Lipinski definition) is 1. The van der Waals surface area contributed by atoms with Gasteiger partial charge >= 0.3 is 0 Å². The minimum atomic E-state index is -0.207. The molecule has 0 aliphatic carbocycles. The molecule has 0 unspecified atom stereocenters. The predicted octanol–water partition coefficient (Wildman–Crippen LogP) is 2.85. The van der Waals surface area contributed by atoms with Crippen LogP contribution in [-0.4, -0.2) is 11.1 Å². The van der Waals surface area contributed by atoms with Gasteiger partial charge in [0.15, 0.2) is 0 Å². The van der Waals surface area contributed by atoms with Crippen LogP contribution in [0.2, 0.25) is 0 Å². The van der Waals surface area contributed by atoms with Gasteiger partial charge < -0.3 is 9.84 Å². The van der Waals surface area contributed by atoms with E-state index in [1.165, 1.54) is 18.0 Å². The SMILES string of the molecule is Cc1cc(C)c(NC(=O)c2cnoc2)c(C)c1. The Morgan fingerprint density at radius 2 is 1.88 bits per heavy atom. The van der Waals surface area contributed by atoms with Crippen molar-refractivity contribution >= 4 is 11.6 Å². The van der Waals surface area contributed by atoms with Crippen molar-refractivity contribution in [3.63, 3.8) is 0 Å². The number of benzene rings is 1. The molecule has 4 heteroatoms. The van der Waals surface area contributed by atoms with Crippen LogP contribution in [-0.2, 0) is 0 Å². The van der Waals surface area contributed by atoms with Crippen LogP contribution in [0.3, 0.4) is 0 Å². The smallest absolute Gasteiger partial charge is 0.260 e. The minimum absolute atomic E-state index is 0.207. The highest BCUT2D eigenvalue weighted by atomic mass is 16.5. The number of carbonyl (C=O) groups excluding carboxylic acids is 1. The molecule has 1 N–H and O–H groups in total. The molecule has 0 saturated heterocycles. The summed E-state index contributed by atoms with van der Waals surface area (Å²) in [7, 11) is 0. The molecule has 0 spiro atoms. The lowest BCUT2D eigenvalue weighted by Gasteiger charge is -2.11. The van der Waals surface area contributed by atoms with Crippen molar-refractivity contribution in [3.05, 3.63) is 46.8 Å². The van der Waals surface area contributed by atoms with Crippen LogP contribution in [0.1, 0.15) is 27.0 Å². The van der Waals surface area contributed by atoms with Crippen molar-refractivity contribution in [2.24, 2.45) is 0 Å². The molecular formula is C13H14N2O2. The normalized spacial score (nSPS) is 10.3. The first kappa shape index (κ1) is 11.4. The second kappa shape index (κ2) is 4.41. The number of nitrogens with zero attached hydrogens (tertiary/aromatic N) is 1. The fourth-order valence-corrected chi connectivity index (χ4v) is 1.88. The van der Waals surface area contributed by atoms with E-state index < -0.39 is 0 Å². The monoisotopic (exact) mass is 230 g/mol. The summed E-state index contributed by atoms with van der Waals surface area (Å²) >= 11 is 0. The average molecular weight is 230 g/mol. The zero-order chi connectivity index (χ0) is 12.4. The molecule has 0 bridgehead atoms. The summed E-state index contributed by atoms with van der Waals surface area (Å²) in [5.74, 6) is -0.207. The molecule has 0 atom stereocenters. The van der Waals surface area contributed by atoms with Crippen LogP contribution in [0.4, 0.5) is 5.69 Å². The number of carbonyl (C=O) groups is 1. The highest BCUT2D eigenvalue weighted by Gasteiger charge is 2.11. The second-order valence-corrected chi connectivity index (χ2v) is 4.14. The molecule has 4 nitrogen and oxygen atoms in total. The number of nitrogens with one attached hydrogen (secondary N) is 1. The number of hydrogen-bond acceptors (Lipinski definition) is 3. The molecule has 0 saturated carbocycles. The van der Waals surface area contributed by atoms with E-state index >= 15 is 0 Å². The first-order chi connectivity index (χ1) is 8.08. The minimum Gasteiger partial charge on any atom is -0.364 e. The molecule has 0 fully saturated rings. The highest BCUT2D eigenvalue weighted by Crippen LogP contribution is 2.22. The molecule has 0 aliphatic heterocycles. The van der Waals surface area contributed by atoms with E-state index in [1.54, 1.807) is 0 Å². The van der Waals surface area contributed by atoms with E-state index in [-0.39, 0.29) is 5.91 Å². The van der Waals surface area contributed by atoms with Gasteiger partial charge in [0.05, 0.1) is 11.8 Å². The molecule has 0 aliphatic rings. The Morgan fingerprint density at radius 1 is 1.24 bits per heavy atom. The Kier molecular flexibility index (Phi) is 2.95. The summed E-state index contributed by atoms with van der Waals surface area (Å²) < 4.78 is 4.64. The largest absolute Gasteiger partial charge is 0.364 e. The predicted molar refractivity (Wildman–Crippen MR) is 65.1 cm³/mol. The maximum atomic E-state index is 11.9. The van der Waals surface area contributed by atoms with Crippen LogP contribution < -0.4 is 5.32 Å². The van der Waals surface area contributed by atoms with Crippen LogP contribution in [0, 0.1) is 20.8 Å². The lowest BCUT2D eigenvalue weighted by Crippen LogP contribution is -2.13. The molecule has 88 valence electrons. The standard InChI is InChI=1S/C13H14N2O2/c1-8-4-9(2)12(10(3)5-8)15-13(16)11-6-14-17-7-11/h4-7H,1-3H3,(H,15,16). The lowest BCUT2D eigenvalue weighted by molar-refractivity contribution is 0.102. The first-order valence-corrected chi connectivity index (χ1v) is 5.36. The summed E-state index contributed by atoms with van der Waals surface area (Å²) in [5, 5.41) is 6.38. The number of rotatable bonds is 2. The molecule has 1 heterocycles. The lowest BCUT2D eigenvalue weighted by atomic mass is 10.0. The average Bonchev–Trinajstić information content (AvgIpc) is 2.76. The van der Waals surface area contributed by atoms with E-state index in [4.69, 9.17) is 0 Å². The third kappa shape index (κ3) is 2.36. The van der Waals surface area contributed by atoms with Gasteiger partial charge in [-0.05, 0) is 31.9 Å². The summed E-state index contributed by atoms with van der Waals surface area (Å²) in [6.07, 6.45) is 2.72. The zero-order valence-corrected chi connectivity index (χ0v) is 10.1. The zero-order valence-electron chi connectivity index (χ0n) is 10.1. The molecule has 1 aromatic carbocycles. The van der Waals surface area contributed by atoms with Crippen LogP contribution in [0.5, 0.6) is 0 Å².